The Hall–Kier alpha value is -0.267. The van der Waals surface area contributed by atoms with Gasteiger partial charge in [0.2, 0.25) is 0 Å². The maximum absolute atomic E-state index is 11.0. The van der Waals surface area contributed by atoms with Crippen LogP contribution in [0.15, 0.2) is 0 Å². The van der Waals surface area contributed by atoms with Crippen LogP contribution in [0.1, 0.15) is 113 Å². The van der Waals surface area contributed by atoms with E-state index in [-0.39, 0.29) is 81.1 Å². The van der Waals surface area contributed by atoms with Crippen LogP contribution in [0.4, 0.5) is 0 Å². The fourth-order valence-electron chi connectivity index (χ4n) is 2.73. The van der Waals surface area contributed by atoms with Crippen LogP contribution in [-0.4, -0.2) is 64.2 Å². The molecule has 0 amide bonds. The number of carbonyl (C=O) groups is 3. The van der Waals surface area contributed by atoms with Gasteiger partial charge in [-0.2, -0.15) is 0 Å². The van der Waals surface area contributed by atoms with Crippen molar-refractivity contribution in [1.29, 1.82) is 0 Å². The van der Waals surface area contributed by atoms with E-state index >= 15 is 0 Å². The first-order chi connectivity index (χ1) is 16.5. The number of ketones is 3. The van der Waals surface area contributed by atoms with Crippen molar-refractivity contribution in [3.05, 3.63) is 0 Å². The number of carbonyl (C=O) groups excluding carboxylic acids is 3. The number of rotatable bonds is 16. The number of Topliss-reactive ketones (excluding diaryl/α,β-unsaturated/α-hetero) is 3. The quantitative estimate of drug-likeness (QED) is 0.202. The van der Waals surface area contributed by atoms with Crippen LogP contribution in [0.2, 0.25) is 0 Å². The first-order valence-electron chi connectivity index (χ1n) is 13.6. The van der Waals surface area contributed by atoms with E-state index in [1.165, 1.54) is 0 Å². The van der Waals surface area contributed by atoms with Crippen molar-refractivity contribution in [3.8, 4) is 0 Å². The summed E-state index contributed by atoms with van der Waals surface area (Å²) in [6.45, 7) is 16.0. The summed E-state index contributed by atoms with van der Waals surface area (Å²) in [4.78, 5) is 33.1. The van der Waals surface area contributed by atoms with Gasteiger partial charge < -0.3 is 20.4 Å². The Balaban J connectivity index is -0.000000121. The molecule has 3 unspecified atom stereocenters. The predicted molar refractivity (Wildman–Crippen MR) is 144 cm³/mol. The van der Waals surface area contributed by atoms with Gasteiger partial charge in [0.25, 0.3) is 0 Å². The summed E-state index contributed by atoms with van der Waals surface area (Å²) >= 11 is 0. The minimum atomic E-state index is -0.111. The van der Waals surface area contributed by atoms with Gasteiger partial charge in [0.1, 0.15) is 17.3 Å². The van der Waals surface area contributed by atoms with Crippen LogP contribution in [0.25, 0.3) is 0 Å². The average molecular weight is 598 g/mol. The molecule has 3 atom stereocenters. The van der Waals surface area contributed by atoms with E-state index in [0.717, 1.165) is 38.5 Å². The Kier molecular flexibility index (Phi) is 44.0. The van der Waals surface area contributed by atoms with Crippen molar-refractivity contribution < 1.29 is 61.0 Å². The van der Waals surface area contributed by atoms with E-state index in [4.69, 9.17) is 20.4 Å². The van der Waals surface area contributed by atoms with Crippen molar-refractivity contribution in [3.63, 3.8) is 0 Å². The molecule has 216 valence electrons. The molecule has 4 N–H and O–H groups in total. The molecule has 0 aliphatic carbocycles. The molecule has 0 heterocycles. The number of hydrogen-bond donors (Lipinski definition) is 4. The maximum atomic E-state index is 11.0. The number of hydrogen-bond acceptors (Lipinski definition) is 7. The summed E-state index contributed by atoms with van der Waals surface area (Å²) in [5.74, 6) is 0.711. The molecule has 0 saturated carbocycles. The minimum absolute atomic E-state index is 0. The predicted octanol–water partition coefficient (Wildman–Crippen LogP) is 4.75. The third-order valence-electron chi connectivity index (χ3n) is 5.36. The zero-order chi connectivity index (χ0) is 28.2. The summed E-state index contributed by atoms with van der Waals surface area (Å²) in [7, 11) is 0. The van der Waals surface area contributed by atoms with E-state index in [1.807, 2.05) is 55.4 Å². The molecule has 0 spiro atoms. The first-order valence-corrected chi connectivity index (χ1v) is 13.6. The van der Waals surface area contributed by atoms with Crippen molar-refractivity contribution in [2.75, 3.05) is 26.4 Å². The van der Waals surface area contributed by atoms with E-state index < -0.39 is 0 Å². The molecule has 36 heavy (non-hydrogen) atoms. The molecule has 0 aromatic rings. The molecule has 0 fully saturated rings. The monoisotopic (exact) mass is 596 g/mol. The smallest absolute Gasteiger partial charge is 0.138 e. The Morgan fingerprint density at radius 1 is 0.500 bits per heavy atom. The SMILES string of the molecule is CC(C)CO.CCCC(=O)C(CC)CO.CCCC(=O)C(CC)CO.CCCC(=O)C(CC)CO.[Zr]. The van der Waals surface area contributed by atoms with Gasteiger partial charge in [-0.3, -0.25) is 14.4 Å². The second kappa shape index (κ2) is 34.7. The van der Waals surface area contributed by atoms with E-state index in [1.54, 1.807) is 0 Å². The van der Waals surface area contributed by atoms with Crippen LogP contribution in [0.5, 0.6) is 0 Å². The molecular formula is C28H58O7Zr. The third kappa shape index (κ3) is 30.0. The Morgan fingerprint density at radius 3 is 0.778 bits per heavy atom. The minimum Gasteiger partial charge on any atom is -0.396 e. The number of aliphatic hydroxyl groups is 4. The van der Waals surface area contributed by atoms with Gasteiger partial charge >= 0.3 is 0 Å². The summed E-state index contributed by atoms with van der Waals surface area (Å²) in [6, 6.07) is 0. The number of aliphatic hydroxyl groups excluding tert-OH is 4. The summed E-state index contributed by atoms with van der Waals surface area (Å²) in [6.07, 6.45) is 6.76. The van der Waals surface area contributed by atoms with Crippen molar-refractivity contribution in [2.24, 2.45) is 23.7 Å². The van der Waals surface area contributed by atoms with Gasteiger partial charge in [-0.15, -0.1) is 0 Å². The van der Waals surface area contributed by atoms with Crippen LogP contribution in [-0.2, 0) is 40.6 Å². The Morgan fingerprint density at radius 2 is 0.694 bits per heavy atom. The molecule has 0 aromatic carbocycles. The van der Waals surface area contributed by atoms with Crippen molar-refractivity contribution in [1.82, 2.24) is 0 Å². The molecule has 0 saturated heterocycles. The fourth-order valence-corrected chi connectivity index (χ4v) is 2.73. The second-order valence-electron chi connectivity index (χ2n) is 9.09. The van der Waals surface area contributed by atoms with Crippen LogP contribution in [0.3, 0.4) is 0 Å². The largest absolute Gasteiger partial charge is 0.396 e. The zero-order valence-corrected chi connectivity index (χ0v) is 27.0. The molecule has 8 heteroatoms. The van der Waals surface area contributed by atoms with Gasteiger partial charge in [-0.25, -0.2) is 0 Å². The van der Waals surface area contributed by atoms with Gasteiger partial charge in [-0.1, -0.05) is 55.4 Å². The molecule has 0 rings (SSSR count). The normalized spacial score (nSPS) is 12.2. The maximum Gasteiger partial charge on any atom is 0.138 e. The topological polar surface area (TPSA) is 132 Å². The summed E-state index contributed by atoms with van der Waals surface area (Å²) < 4.78 is 0. The van der Waals surface area contributed by atoms with Gasteiger partial charge in [0, 0.05) is 69.8 Å². The molecule has 7 nitrogen and oxygen atoms in total. The molecule has 0 bridgehead atoms. The van der Waals surface area contributed by atoms with E-state index in [0.29, 0.717) is 31.8 Å². The zero-order valence-electron chi connectivity index (χ0n) is 24.5. The van der Waals surface area contributed by atoms with Crippen molar-refractivity contribution in [2.45, 2.75) is 113 Å². The van der Waals surface area contributed by atoms with Gasteiger partial charge in [-0.05, 0) is 44.4 Å². The molecule has 0 aromatic heterocycles. The van der Waals surface area contributed by atoms with E-state index in [2.05, 4.69) is 0 Å². The molecule has 0 aliphatic rings. The van der Waals surface area contributed by atoms with Crippen LogP contribution >= 0.6 is 0 Å². The standard InChI is InChI=1S/3C8H16O2.C4H10O.Zr/c3*1-3-5-8(10)7(4-2)6-9;1-4(2)3-5;/h3*7,9H,3-6H2,1-2H3;4-5H,3H2,1-2H3;. The summed E-state index contributed by atoms with van der Waals surface area (Å²) in [5, 5.41) is 34.3. The first kappa shape index (κ1) is 45.6. The van der Waals surface area contributed by atoms with Gasteiger partial charge in [0.15, 0.2) is 0 Å². The van der Waals surface area contributed by atoms with Crippen molar-refractivity contribution >= 4 is 17.3 Å². The Labute approximate surface area is 241 Å². The average Bonchev–Trinajstić information content (AvgIpc) is 2.83. The van der Waals surface area contributed by atoms with E-state index in [9.17, 15) is 14.4 Å². The third-order valence-corrected chi connectivity index (χ3v) is 5.36. The van der Waals surface area contributed by atoms with Gasteiger partial charge in [0.05, 0.1) is 19.8 Å². The fraction of sp³-hybridized carbons (Fsp3) is 0.893. The Bertz CT molecular complexity index is 411. The second-order valence-corrected chi connectivity index (χ2v) is 9.09. The molecule has 0 aliphatic heterocycles. The molecule has 0 radical (unpaired) electrons. The van der Waals surface area contributed by atoms with Crippen LogP contribution < -0.4 is 0 Å². The van der Waals surface area contributed by atoms with Crippen LogP contribution in [0, 0.1) is 23.7 Å². The molecular weight excluding hydrogens is 540 g/mol. The summed E-state index contributed by atoms with van der Waals surface area (Å²) in [5.41, 5.74) is 0.